The molecule has 5 aliphatic carbocycles. The van der Waals surface area contributed by atoms with Crippen LogP contribution in [0.15, 0.2) is 47.6 Å². The van der Waals surface area contributed by atoms with Gasteiger partial charge in [-0.25, -0.2) is 0 Å². The van der Waals surface area contributed by atoms with E-state index in [1.807, 2.05) is 0 Å². The van der Waals surface area contributed by atoms with Gasteiger partial charge in [0.2, 0.25) is 0 Å². The van der Waals surface area contributed by atoms with E-state index in [1.165, 1.54) is 32.1 Å². The molecule has 0 nitrogen and oxygen atoms in total. The summed E-state index contributed by atoms with van der Waals surface area (Å²) in [7, 11) is 0. The van der Waals surface area contributed by atoms with Gasteiger partial charge in [0.25, 0.3) is 0 Å². The van der Waals surface area contributed by atoms with Crippen LogP contribution in [0.4, 0.5) is 0 Å². The summed E-state index contributed by atoms with van der Waals surface area (Å²) in [5.74, 6) is 4.74. The van der Waals surface area contributed by atoms with Crippen molar-refractivity contribution in [3.63, 3.8) is 0 Å². The van der Waals surface area contributed by atoms with Crippen molar-refractivity contribution in [2.75, 3.05) is 0 Å². The molecule has 19 heavy (non-hydrogen) atoms. The van der Waals surface area contributed by atoms with Crippen LogP contribution in [-0.2, 0) is 0 Å². The van der Waals surface area contributed by atoms with Gasteiger partial charge in [0.05, 0.1) is 0 Å². The fraction of sp³-hybridized carbons (Fsp3) is 0.579. The second kappa shape index (κ2) is 4.51. The Morgan fingerprint density at radius 3 is 2.68 bits per heavy atom. The summed E-state index contributed by atoms with van der Waals surface area (Å²) in [5.41, 5.74) is 3.28. The molecule has 0 heteroatoms. The van der Waals surface area contributed by atoms with E-state index in [2.05, 4.69) is 43.4 Å². The minimum Gasteiger partial charge on any atom is -0.0879 e. The summed E-state index contributed by atoms with van der Waals surface area (Å²) in [5, 5.41) is 0. The number of hydrogen-bond acceptors (Lipinski definition) is 0. The zero-order chi connectivity index (χ0) is 12.8. The predicted molar refractivity (Wildman–Crippen MR) is 80.7 cm³/mol. The smallest absolute Gasteiger partial charge is 0.0125 e. The van der Waals surface area contributed by atoms with Crippen molar-refractivity contribution in [1.82, 2.24) is 0 Å². The van der Waals surface area contributed by atoms with Gasteiger partial charge in [-0.3, -0.25) is 0 Å². The Morgan fingerprint density at radius 1 is 1.16 bits per heavy atom. The zero-order valence-corrected chi connectivity index (χ0v) is 11.9. The number of fused-ring (bicyclic) bond motifs is 7. The lowest BCUT2D eigenvalue weighted by molar-refractivity contribution is 0.398. The van der Waals surface area contributed by atoms with Crippen molar-refractivity contribution in [3.05, 3.63) is 47.6 Å². The van der Waals surface area contributed by atoms with Crippen molar-refractivity contribution in [1.29, 1.82) is 0 Å². The van der Waals surface area contributed by atoms with Crippen molar-refractivity contribution in [3.8, 4) is 0 Å². The maximum absolute atomic E-state index is 2.44. The Balaban J connectivity index is 0.000000103. The SMILES string of the molecule is C/C=C1\C=C2CCC1C2.C1=CC2C3C=CC(C3)C2C1. The molecule has 0 saturated heterocycles. The molecule has 0 aliphatic heterocycles. The summed E-state index contributed by atoms with van der Waals surface area (Å²) in [4.78, 5) is 0. The maximum Gasteiger partial charge on any atom is -0.0125 e. The maximum atomic E-state index is 2.44. The Hall–Kier alpha value is -1.04. The van der Waals surface area contributed by atoms with Gasteiger partial charge >= 0.3 is 0 Å². The fourth-order valence-electron chi connectivity index (χ4n) is 4.94. The van der Waals surface area contributed by atoms with E-state index in [1.54, 1.807) is 11.1 Å². The minimum absolute atomic E-state index is 0.921. The van der Waals surface area contributed by atoms with E-state index >= 15 is 0 Å². The van der Waals surface area contributed by atoms with Crippen molar-refractivity contribution in [2.24, 2.45) is 29.6 Å². The van der Waals surface area contributed by atoms with Gasteiger partial charge in [-0.1, -0.05) is 42.0 Å². The molecule has 100 valence electrons. The third-order valence-electron chi connectivity index (χ3n) is 5.95. The number of rotatable bonds is 0. The molecule has 4 bridgehead atoms. The Morgan fingerprint density at radius 2 is 2.05 bits per heavy atom. The second-order valence-electron chi connectivity index (χ2n) is 6.88. The van der Waals surface area contributed by atoms with Gasteiger partial charge in [0, 0.05) is 0 Å². The van der Waals surface area contributed by atoms with Gasteiger partial charge in [0.15, 0.2) is 0 Å². The van der Waals surface area contributed by atoms with Gasteiger partial charge in [0.1, 0.15) is 0 Å². The molecule has 0 N–H and O–H groups in total. The first-order chi connectivity index (χ1) is 9.35. The normalized spacial score (nSPS) is 45.6. The molecule has 2 saturated carbocycles. The fourth-order valence-corrected chi connectivity index (χ4v) is 4.94. The molecule has 5 aliphatic rings. The molecule has 0 amide bonds. The first-order valence-electron chi connectivity index (χ1n) is 8.06. The van der Waals surface area contributed by atoms with Crippen LogP contribution in [0, 0.1) is 29.6 Å². The van der Waals surface area contributed by atoms with Gasteiger partial charge in [-0.15, -0.1) is 0 Å². The molecule has 0 aromatic carbocycles. The molecule has 0 radical (unpaired) electrons. The van der Waals surface area contributed by atoms with Crippen molar-refractivity contribution < 1.29 is 0 Å². The molecular formula is C19H24. The van der Waals surface area contributed by atoms with E-state index in [9.17, 15) is 0 Å². The molecule has 0 heterocycles. The summed E-state index contributed by atoms with van der Waals surface area (Å²) < 4.78 is 0. The van der Waals surface area contributed by atoms with Crippen LogP contribution in [0.2, 0.25) is 0 Å². The lowest BCUT2D eigenvalue weighted by Gasteiger charge is -2.18. The molecule has 5 rings (SSSR count). The highest BCUT2D eigenvalue weighted by Crippen LogP contribution is 2.52. The summed E-state index contributed by atoms with van der Waals surface area (Å²) in [6.07, 6.45) is 21.3. The monoisotopic (exact) mass is 252 g/mol. The van der Waals surface area contributed by atoms with Crippen molar-refractivity contribution in [2.45, 2.75) is 39.0 Å². The average molecular weight is 252 g/mol. The highest BCUT2D eigenvalue weighted by Gasteiger charge is 2.44. The summed E-state index contributed by atoms with van der Waals surface area (Å²) in [6.45, 7) is 2.15. The molecule has 5 atom stereocenters. The van der Waals surface area contributed by atoms with Crippen LogP contribution in [0.25, 0.3) is 0 Å². The van der Waals surface area contributed by atoms with Crippen LogP contribution in [0.5, 0.6) is 0 Å². The van der Waals surface area contributed by atoms with Crippen LogP contribution in [-0.4, -0.2) is 0 Å². The highest BCUT2D eigenvalue weighted by atomic mass is 14.5. The van der Waals surface area contributed by atoms with Crippen molar-refractivity contribution >= 4 is 0 Å². The summed E-state index contributed by atoms with van der Waals surface area (Å²) >= 11 is 0. The molecule has 2 fully saturated rings. The lowest BCUT2D eigenvalue weighted by Crippen LogP contribution is -2.12. The Bertz CT molecular complexity index is 488. The average Bonchev–Trinajstić information content (AvgIpc) is 3.21. The highest BCUT2D eigenvalue weighted by molar-refractivity contribution is 5.37. The molecule has 0 spiro atoms. The topological polar surface area (TPSA) is 0 Å². The molecule has 0 aromatic rings. The lowest BCUT2D eigenvalue weighted by atomic mass is 9.86. The van der Waals surface area contributed by atoms with E-state index in [0.29, 0.717) is 0 Å². The van der Waals surface area contributed by atoms with Gasteiger partial charge in [-0.2, -0.15) is 0 Å². The predicted octanol–water partition coefficient (Wildman–Crippen LogP) is 5.06. The molecule has 0 aromatic heterocycles. The zero-order valence-electron chi connectivity index (χ0n) is 11.9. The van der Waals surface area contributed by atoms with Crippen LogP contribution in [0.3, 0.4) is 0 Å². The van der Waals surface area contributed by atoms with E-state index in [-0.39, 0.29) is 0 Å². The number of hydrogen-bond donors (Lipinski definition) is 0. The third kappa shape index (κ3) is 1.88. The molecular weight excluding hydrogens is 228 g/mol. The Kier molecular flexibility index (Phi) is 2.79. The van der Waals surface area contributed by atoms with E-state index in [0.717, 1.165) is 29.6 Å². The third-order valence-corrected chi connectivity index (χ3v) is 5.95. The quantitative estimate of drug-likeness (QED) is 0.529. The van der Waals surface area contributed by atoms with E-state index < -0.39 is 0 Å². The minimum atomic E-state index is 0.921. The Labute approximate surface area is 117 Å². The largest absolute Gasteiger partial charge is 0.0879 e. The standard InChI is InChI=1S/C10H12.C9H12/c1-2-9-7-4-5-8(6-7)10(9)3-1;1-2-8-5-7-3-4-9(8)6-7/h1-2,4-5,7-10H,3,6H2;2,5,9H,3-4,6H2,1H3/b;8-2+. The van der Waals surface area contributed by atoms with Crippen LogP contribution >= 0.6 is 0 Å². The molecule has 5 unspecified atom stereocenters. The van der Waals surface area contributed by atoms with E-state index in [4.69, 9.17) is 0 Å². The number of allylic oxidation sites excluding steroid dienone is 8. The first kappa shape index (κ1) is 11.8. The van der Waals surface area contributed by atoms with Crippen LogP contribution < -0.4 is 0 Å². The van der Waals surface area contributed by atoms with Gasteiger partial charge < -0.3 is 0 Å². The summed E-state index contributed by atoms with van der Waals surface area (Å²) in [6, 6.07) is 0. The first-order valence-corrected chi connectivity index (χ1v) is 8.06. The van der Waals surface area contributed by atoms with Gasteiger partial charge in [-0.05, 0) is 74.2 Å². The van der Waals surface area contributed by atoms with Crippen LogP contribution in [0.1, 0.15) is 39.0 Å². The second-order valence-corrected chi connectivity index (χ2v) is 6.88.